The molecule has 3 amide bonds. The number of nitrogens with one attached hydrogen (secondary N) is 4. The smallest absolute Gasteiger partial charge is 0.257 e. The lowest BCUT2D eigenvalue weighted by Crippen LogP contribution is -2.50. The van der Waals surface area contributed by atoms with Crippen molar-refractivity contribution in [2.75, 3.05) is 46.4 Å². The number of hydrogen-bond acceptors (Lipinski definition) is 10. The summed E-state index contributed by atoms with van der Waals surface area (Å²) in [6.07, 6.45) is 8.07. The van der Waals surface area contributed by atoms with E-state index in [-0.39, 0.29) is 30.9 Å². The number of carbonyl (C=O) groups is 3. The minimum absolute atomic E-state index is 0.0870. The molecule has 1 aliphatic heterocycles. The summed E-state index contributed by atoms with van der Waals surface area (Å²) >= 11 is 1.47. The number of fused-ring (bicyclic) bond motifs is 2. The van der Waals surface area contributed by atoms with E-state index in [1.807, 2.05) is 17.5 Å². The molecule has 3 heterocycles. The number of nitrogens with zero attached hydrogens (tertiary/aromatic N) is 3. The van der Waals surface area contributed by atoms with E-state index >= 15 is 0 Å². The van der Waals surface area contributed by atoms with Gasteiger partial charge in [0, 0.05) is 56.8 Å². The molecule has 1 fully saturated rings. The van der Waals surface area contributed by atoms with E-state index in [2.05, 4.69) is 36.2 Å². The van der Waals surface area contributed by atoms with Gasteiger partial charge in [-0.1, -0.05) is 18.9 Å². The first kappa shape index (κ1) is 32.3. The molecule has 0 saturated heterocycles. The van der Waals surface area contributed by atoms with Crippen LogP contribution in [-0.2, 0) is 27.2 Å². The standard InChI is InChI=1S/C32H41N7O5S/c1-43-25-8-7-23-16-26(25)44-19-28(41)34-15-14-33-10-2-4-27(40)38-21-32(18-23,17-22-5-6-22)31(42)37-13-9-24-20-45-30(39-24)29-35-11-3-12-36-29/h3,7-8,11-12,16,20,22,33H,2,4-6,9-10,13-15,17-19,21H2,1H3,(H,34,41)(H,37,42)(H,38,40). The Balaban J connectivity index is 1.35. The fraction of sp³-hybridized carbons (Fsp3) is 0.500. The van der Waals surface area contributed by atoms with Gasteiger partial charge in [0.15, 0.2) is 28.9 Å². The number of ether oxygens (including phenoxy) is 2. The van der Waals surface area contributed by atoms with Crippen LogP contribution < -0.4 is 30.7 Å². The van der Waals surface area contributed by atoms with Gasteiger partial charge in [0.05, 0.1) is 18.2 Å². The fourth-order valence-electron chi connectivity index (χ4n) is 5.43. The van der Waals surface area contributed by atoms with Crippen molar-refractivity contribution >= 4 is 29.1 Å². The summed E-state index contributed by atoms with van der Waals surface area (Å²) in [7, 11) is 1.55. The average Bonchev–Trinajstić information content (AvgIpc) is 3.74. The molecule has 12 nitrogen and oxygen atoms in total. The zero-order chi connectivity index (χ0) is 31.5. The molecule has 1 aliphatic carbocycles. The summed E-state index contributed by atoms with van der Waals surface area (Å²) in [5, 5.41) is 15.0. The molecule has 0 spiro atoms. The van der Waals surface area contributed by atoms with Gasteiger partial charge < -0.3 is 30.7 Å². The predicted molar refractivity (Wildman–Crippen MR) is 170 cm³/mol. The molecule has 240 valence electrons. The molecule has 2 aromatic heterocycles. The number of thiazole rings is 1. The highest BCUT2D eigenvalue weighted by Gasteiger charge is 2.43. The highest BCUT2D eigenvalue weighted by molar-refractivity contribution is 7.13. The number of amides is 3. The molecule has 1 saturated carbocycles. The van der Waals surface area contributed by atoms with E-state index in [9.17, 15) is 14.4 Å². The maximum atomic E-state index is 14.2. The van der Waals surface area contributed by atoms with Crippen LogP contribution in [-0.4, -0.2) is 79.1 Å². The Kier molecular flexibility index (Phi) is 11.3. The normalized spacial score (nSPS) is 20.1. The summed E-state index contributed by atoms with van der Waals surface area (Å²) in [5.74, 6) is 1.48. The van der Waals surface area contributed by atoms with Gasteiger partial charge in [0.25, 0.3) is 5.91 Å². The number of methoxy groups -OCH3 is 1. The van der Waals surface area contributed by atoms with Crippen LogP contribution in [0.5, 0.6) is 11.5 Å². The van der Waals surface area contributed by atoms with Crippen LogP contribution in [0.4, 0.5) is 0 Å². The highest BCUT2D eigenvalue weighted by Crippen LogP contribution is 2.43. The molecular weight excluding hydrogens is 594 g/mol. The molecule has 5 rings (SSSR count). The van der Waals surface area contributed by atoms with E-state index in [1.54, 1.807) is 31.6 Å². The van der Waals surface area contributed by atoms with Crippen molar-refractivity contribution in [1.82, 2.24) is 36.2 Å². The van der Waals surface area contributed by atoms with Crippen molar-refractivity contribution in [3.63, 3.8) is 0 Å². The maximum absolute atomic E-state index is 14.2. The summed E-state index contributed by atoms with van der Waals surface area (Å²) < 4.78 is 11.4. The number of aromatic nitrogens is 3. The first-order valence-corrected chi connectivity index (χ1v) is 16.4. The predicted octanol–water partition coefficient (Wildman–Crippen LogP) is 2.29. The van der Waals surface area contributed by atoms with Crippen molar-refractivity contribution in [3.05, 3.63) is 53.3 Å². The van der Waals surface area contributed by atoms with Crippen LogP contribution in [0.3, 0.4) is 0 Å². The van der Waals surface area contributed by atoms with Crippen LogP contribution in [0, 0.1) is 11.3 Å². The van der Waals surface area contributed by atoms with Crippen LogP contribution >= 0.6 is 11.3 Å². The van der Waals surface area contributed by atoms with E-state index in [1.165, 1.54) is 11.3 Å². The Labute approximate surface area is 267 Å². The van der Waals surface area contributed by atoms with Crippen molar-refractivity contribution < 1.29 is 23.9 Å². The van der Waals surface area contributed by atoms with Crippen molar-refractivity contribution in [1.29, 1.82) is 0 Å². The third-order valence-corrected chi connectivity index (χ3v) is 8.86. The minimum atomic E-state index is -0.880. The summed E-state index contributed by atoms with van der Waals surface area (Å²) in [4.78, 5) is 52.7. The lowest BCUT2D eigenvalue weighted by molar-refractivity contribution is -0.132. The lowest BCUT2D eigenvalue weighted by Gasteiger charge is -2.33. The maximum Gasteiger partial charge on any atom is 0.257 e. The Morgan fingerprint density at radius 3 is 2.78 bits per heavy atom. The molecule has 2 bridgehead atoms. The molecule has 45 heavy (non-hydrogen) atoms. The minimum Gasteiger partial charge on any atom is -0.493 e. The molecule has 0 radical (unpaired) electrons. The molecule has 4 N–H and O–H groups in total. The topological polar surface area (TPSA) is 156 Å². The Hall–Kier alpha value is -4.10. The second-order valence-electron chi connectivity index (χ2n) is 11.6. The van der Waals surface area contributed by atoms with Crippen LogP contribution in [0.2, 0.25) is 0 Å². The van der Waals surface area contributed by atoms with Crippen LogP contribution in [0.15, 0.2) is 42.0 Å². The van der Waals surface area contributed by atoms with E-state index in [0.717, 1.165) is 29.1 Å². The number of hydrogen-bond donors (Lipinski definition) is 4. The first-order chi connectivity index (χ1) is 21.9. The molecule has 13 heteroatoms. The SMILES string of the molecule is COc1ccc2cc1OCC(=O)NCCNCCCC(=O)NCC(CC1CC1)(C(=O)NCCc1csc(-c3ncccn3)n1)C2. The fourth-order valence-corrected chi connectivity index (χ4v) is 6.23. The third kappa shape index (κ3) is 9.44. The summed E-state index contributed by atoms with van der Waals surface area (Å²) in [5.41, 5.74) is 0.828. The Morgan fingerprint density at radius 2 is 1.98 bits per heavy atom. The van der Waals surface area contributed by atoms with E-state index in [4.69, 9.17) is 9.47 Å². The van der Waals surface area contributed by atoms with Crippen molar-refractivity contribution in [2.24, 2.45) is 11.3 Å². The van der Waals surface area contributed by atoms with Gasteiger partial charge in [-0.3, -0.25) is 14.4 Å². The molecule has 1 aromatic carbocycles. The summed E-state index contributed by atoms with van der Waals surface area (Å²) in [6, 6.07) is 7.30. The molecule has 2 aliphatic rings. The quantitative estimate of drug-likeness (QED) is 0.292. The average molecular weight is 636 g/mol. The van der Waals surface area contributed by atoms with Crippen LogP contribution in [0.1, 0.15) is 43.4 Å². The van der Waals surface area contributed by atoms with Gasteiger partial charge in [-0.15, -0.1) is 11.3 Å². The Bertz CT molecular complexity index is 1450. The van der Waals surface area contributed by atoms with Crippen molar-refractivity contribution in [2.45, 2.75) is 44.9 Å². The highest BCUT2D eigenvalue weighted by atomic mass is 32.1. The summed E-state index contributed by atoms with van der Waals surface area (Å²) in [6.45, 7) is 2.14. The van der Waals surface area contributed by atoms with E-state index < -0.39 is 5.41 Å². The van der Waals surface area contributed by atoms with Crippen molar-refractivity contribution in [3.8, 4) is 22.3 Å². The molecule has 1 unspecified atom stereocenters. The van der Waals surface area contributed by atoms with Gasteiger partial charge in [0.1, 0.15) is 0 Å². The zero-order valence-corrected chi connectivity index (χ0v) is 26.4. The molecule has 3 aromatic rings. The monoisotopic (exact) mass is 635 g/mol. The van der Waals surface area contributed by atoms with Gasteiger partial charge >= 0.3 is 0 Å². The molecule has 1 atom stereocenters. The van der Waals surface area contributed by atoms with Crippen LogP contribution in [0.25, 0.3) is 10.8 Å². The third-order valence-electron chi connectivity index (χ3n) is 7.97. The lowest BCUT2D eigenvalue weighted by atomic mass is 9.75. The van der Waals surface area contributed by atoms with Gasteiger partial charge in [-0.25, -0.2) is 15.0 Å². The number of benzene rings is 1. The van der Waals surface area contributed by atoms with Gasteiger partial charge in [-0.05, 0) is 55.5 Å². The second kappa shape index (κ2) is 15.8. The number of rotatable bonds is 8. The Morgan fingerprint density at radius 1 is 1.13 bits per heavy atom. The van der Waals surface area contributed by atoms with Gasteiger partial charge in [0.2, 0.25) is 11.8 Å². The second-order valence-corrected chi connectivity index (χ2v) is 12.4. The first-order valence-electron chi connectivity index (χ1n) is 15.5. The number of carbonyl (C=O) groups excluding carboxylic acids is 3. The van der Waals surface area contributed by atoms with Gasteiger partial charge in [-0.2, -0.15) is 0 Å². The molecular formula is C32H41N7O5S. The van der Waals surface area contributed by atoms with E-state index in [0.29, 0.717) is 81.5 Å². The zero-order valence-electron chi connectivity index (χ0n) is 25.6. The largest absolute Gasteiger partial charge is 0.493 e.